The largest absolute Gasteiger partial charge is 0.508 e. The number of rotatable bonds is 3. The van der Waals surface area contributed by atoms with Crippen LogP contribution in [-0.4, -0.2) is 16.6 Å². The van der Waals surface area contributed by atoms with Gasteiger partial charge in [0.25, 0.3) is 0 Å². The van der Waals surface area contributed by atoms with E-state index < -0.39 is 0 Å². The number of hydrogen-bond donors (Lipinski definition) is 3. The van der Waals surface area contributed by atoms with Crippen molar-refractivity contribution >= 4 is 34.9 Å². The molecule has 1 aliphatic heterocycles. The van der Waals surface area contributed by atoms with Crippen LogP contribution in [0.2, 0.25) is 5.02 Å². The summed E-state index contributed by atoms with van der Waals surface area (Å²) in [6, 6.07) is 14.8. The first-order chi connectivity index (χ1) is 10.7. The molecule has 3 N–H and O–H groups in total. The average Bonchev–Trinajstić information content (AvgIpc) is 2.55. The fraction of sp³-hybridized carbons (Fsp3) is 0.118. The minimum atomic E-state index is -0.107. The molecule has 0 aromatic heterocycles. The number of halogens is 1. The summed E-state index contributed by atoms with van der Waals surface area (Å²) in [5.74, 6) is 0.256. The van der Waals surface area contributed by atoms with E-state index in [0.29, 0.717) is 5.02 Å². The van der Waals surface area contributed by atoms with Gasteiger partial charge >= 0.3 is 0 Å². The Labute approximate surface area is 139 Å². The predicted molar refractivity (Wildman–Crippen MR) is 94.0 cm³/mol. The Kier molecular flexibility index (Phi) is 4.43. The first-order valence-electron chi connectivity index (χ1n) is 6.90. The average molecular weight is 331 g/mol. The highest BCUT2D eigenvalue weighted by Crippen LogP contribution is 2.26. The molecule has 3 nitrogen and oxygen atoms in total. The summed E-state index contributed by atoms with van der Waals surface area (Å²) in [6.45, 7) is 0. The summed E-state index contributed by atoms with van der Waals surface area (Å²) in [5.41, 5.74) is 3.11. The Balaban J connectivity index is 1.95. The van der Waals surface area contributed by atoms with Crippen LogP contribution < -0.4 is 10.6 Å². The summed E-state index contributed by atoms with van der Waals surface area (Å²) in [7, 11) is 0. The normalized spacial score (nSPS) is 20.9. The molecule has 2 aromatic rings. The highest BCUT2D eigenvalue weighted by molar-refractivity contribution is 7.79. The zero-order valence-corrected chi connectivity index (χ0v) is 13.2. The second-order valence-electron chi connectivity index (χ2n) is 5.08. The fourth-order valence-electron chi connectivity index (χ4n) is 2.42. The minimum Gasteiger partial charge on any atom is -0.508 e. The van der Waals surface area contributed by atoms with Gasteiger partial charge in [-0.25, -0.2) is 0 Å². The van der Waals surface area contributed by atoms with Crippen molar-refractivity contribution in [2.24, 2.45) is 0 Å². The zero-order chi connectivity index (χ0) is 15.5. The molecule has 1 heterocycles. The van der Waals surface area contributed by atoms with Crippen molar-refractivity contribution < 1.29 is 5.11 Å². The summed E-state index contributed by atoms with van der Waals surface area (Å²) >= 11 is 11.0. The third-order valence-corrected chi connectivity index (χ3v) is 4.07. The van der Waals surface area contributed by atoms with Crippen LogP contribution in [0.4, 0.5) is 0 Å². The smallest absolute Gasteiger partial charge is 0.115 e. The van der Waals surface area contributed by atoms with Crippen molar-refractivity contribution in [2.75, 3.05) is 0 Å². The van der Waals surface area contributed by atoms with E-state index in [1.54, 1.807) is 17.5 Å². The van der Waals surface area contributed by atoms with E-state index in [9.17, 15) is 5.11 Å². The second kappa shape index (κ2) is 6.48. The summed E-state index contributed by atoms with van der Waals surface area (Å²) in [5, 5.41) is 18.5. The molecule has 1 aliphatic rings. The lowest BCUT2D eigenvalue weighted by molar-refractivity contribution is 0.474. The predicted octanol–water partition coefficient (Wildman–Crippen LogP) is 3.65. The van der Waals surface area contributed by atoms with Crippen molar-refractivity contribution in [1.29, 1.82) is 0 Å². The number of aromatic hydroxyl groups is 1. The van der Waals surface area contributed by atoms with E-state index in [0.717, 1.165) is 16.8 Å². The van der Waals surface area contributed by atoms with Crippen molar-refractivity contribution in [3.05, 3.63) is 70.8 Å². The maximum Gasteiger partial charge on any atom is 0.115 e. The van der Waals surface area contributed by atoms with Crippen LogP contribution in [0.3, 0.4) is 0 Å². The molecule has 0 saturated heterocycles. The molecular weight excluding hydrogens is 316 g/mol. The summed E-state index contributed by atoms with van der Waals surface area (Å²) in [4.78, 5) is 0. The second-order valence-corrected chi connectivity index (χ2v) is 5.79. The maximum atomic E-state index is 9.43. The Hall–Kier alpha value is -1.88. The molecule has 2 aromatic carbocycles. The van der Waals surface area contributed by atoms with Crippen molar-refractivity contribution in [2.45, 2.75) is 12.2 Å². The van der Waals surface area contributed by atoms with Gasteiger partial charge in [-0.15, -0.1) is 0 Å². The van der Waals surface area contributed by atoms with Gasteiger partial charge in [-0.05, 0) is 41.5 Å². The molecule has 2 atom stereocenters. The van der Waals surface area contributed by atoms with Crippen LogP contribution >= 0.6 is 23.8 Å². The van der Waals surface area contributed by atoms with Crippen LogP contribution in [0.1, 0.15) is 17.2 Å². The molecule has 0 amide bonds. The van der Waals surface area contributed by atoms with Crippen LogP contribution in [0.5, 0.6) is 5.75 Å². The number of hydrogen-bond acceptors (Lipinski definition) is 4. The van der Waals surface area contributed by atoms with E-state index in [1.165, 1.54) is 0 Å². The minimum absolute atomic E-state index is 0.0109. The van der Waals surface area contributed by atoms with E-state index >= 15 is 0 Å². The van der Waals surface area contributed by atoms with Gasteiger partial charge in [-0.3, -0.25) is 5.32 Å². The van der Waals surface area contributed by atoms with Crippen LogP contribution in [0.15, 0.2) is 54.6 Å². The molecule has 0 bridgehead atoms. The summed E-state index contributed by atoms with van der Waals surface area (Å²) < 4.78 is 0. The molecule has 0 fully saturated rings. The first kappa shape index (κ1) is 15.0. The van der Waals surface area contributed by atoms with E-state index in [4.69, 9.17) is 23.8 Å². The maximum absolute atomic E-state index is 9.43. The molecule has 0 spiro atoms. The highest BCUT2D eigenvalue weighted by atomic mass is 35.5. The topological polar surface area (TPSA) is 44.3 Å². The lowest BCUT2D eigenvalue weighted by atomic mass is 10.0. The fourth-order valence-corrected chi connectivity index (χ4v) is 2.69. The Bertz CT molecular complexity index is 698. The van der Waals surface area contributed by atoms with Crippen LogP contribution in [-0.2, 0) is 0 Å². The molecule has 112 valence electrons. The quantitative estimate of drug-likeness (QED) is 0.752. The molecule has 3 rings (SSSR count). The standard InChI is InChI=1S/C17H15ClN2OS/c18-13-5-1-11(2-6-13)15-9-16(20-17(10-22)19-15)12-3-7-14(21)8-4-12/h1-10,16-17,19-21H. The van der Waals surface area contributed by atoms with E-state index in [1.807, 2.05) is 36.4 Å². The van der Waals surface area contributed by atoms with Gasteiger partial charge in [0.05, 0.1) is 6.04 Å². The third-order valence-electron chi connectivity index (χ3n) is 3.55. The third kappa shape index (κ3) is 3.30. The Morgan fingerprint density at radius 3 is 2.36 bits per heavy atom. The van der Waals surface area contributed by atoms with Crippen molar-refractivity contribution in [3.8, 4) is 5.75 Å². The number of nitrogens with one attached hydrogen (secondary N) is 2. The van der Waals surface area contributed by atoms with Crippen molar-refractivity contribution in [1.82, 2.24) is 10.6 Å². The van der Waals surface area contributed by atoms with Gasteiger partial charge in [0.15, 0.2) is 0 Å². The van der Waals surface area contributed by atoms with E-state index in [2.05, 4.69) is 16.7 Å². The number of phenolic OH excluding ortho intramolecular Hbond substituents is 1. The van der Waals surface area contributed by atoms with Gasteiger partial charge < -0.3 is 10.4 Å². The van der Waals surface area contributed by atoms with Gasteiger partial charge in [-0.2, -0.15) is 0 Å². The molecule has 0 radical (unpaired) electrons. The lowest BCUT2D eigenvalue weighted by Gasteiger charge is -2.30. The number of phenols is 1. The van der Waals surface area contributed by atoms with Gasteiger partial charge in [0.1, 0.15) is 11.9 Å². The van der Waals surface area contributed by atoms with Crippen molar-refractivity contribution in [3.63, 3.8) is 0 Å². The van der Waals surface area contributed by atoms with Gasteiger partial charge in [0.2, 0.25) is 0 Å². The van der Waals surface area contributed by atoms with Gasteiger partial charge in [0, 0.05) is 16.1 Å². The molecule has 0 saturated carbocycles. The molecular formula is C17H15ClN2OS. The molecule has 5 heteroatoms. The zero-order valence-electron chi connectivity index (χ0n) is 11.7. The molecule has 22 heavy (non-hydrogen) atoms. The SMILES string of the molecule is Oc1ccc(C2C=C(c3ccc(Cl)cc3)NC(C=S)N2)cc1. The van der Waals surface area contributed by atoms with Crippen LogP contribution in [0, 0.1) is 0 Å². The Morgan fingerprint density at radius 2 is 1.73 bits per heavy atom. The highest BCUT2D eigenvalue weighted by Gasteiger charge is 2.21. The lowest BCUT2D eigenvalue weighted by Crippen LogP contribution is -2.47. The Morgan fingerprint density at radius 1 is 1.05 bits per heavy atom. The van der Waals surface area contributed by atoms with Crippen LogP contribution in [0.25, 0.3) is 5.70 Å². The first-order valence-corrected chi connectivity index (χ1v) is 7.75. The number of benzene rings is 2. The monoisotopic (exact) mass is 330 g/mol. The van der Waals surface area contributed by atoms with Gasteiger partial charge in [-0.1, -0.05) is 48.1 Å². The number of thiocarbonyl (C=S) groups is 1. The van der Waals surface area contributed by atoms with E-state index in [-0.39, 0.29) is 18.0 Å². The molecule has 2 unspecified atom stereocenters. The molecule has 0 aliphatic carbocycles. The summed E-state index contributed by atoms with van der Waals surface area (Å²) in [6.07, 6.45) is 2.00.